The van der Waals surface area contributed by atoms with Crippen LogP contribution in [0.25, 0.3) is 10.9 Å². The molecule has 0 bridgehead atoms. The minimum atomic E-state index is -1.14. The van der Waals surface area contributed by atoms with Crippen molar-refractivity contribution in [2.75, 3.05) is 19.5 Å². The van der Waals surface area contributed by atoms with Gasteiger partial charge >= 0.3 is 5.97 Å². The number of hydrogen-bond donors (Lipinski definition) is 3. The predicted molar refractivity (Wildman–Crippen MR) is 102 cm³/mol. The number of aromatic carboxylic acids is 1. The van der Waals surface area contributed by atoms with Crippen molar-refractivity contribution < 1.29 is 24.2 Å². The number of carbonyl (C=O) groups excluding carboxylic acids is 1. The van der Waals surface area contributed by atoms with Gasteiger partial charge in [0.25, 0.3) is 0 Å². The molecule has 1 aromatic heterocycles. The minimum absolute atomic E-state index is 0.0327. The van der Waals surface area contributed by atoms with Crippen molar-refractivity contribution in [2.24, 2.45) is 0 Å². The van der Waals surface area contributed by atoms with E-state index >= 15 is 0 Å². The van der Waals surface area contributed by atoms with E-state index in [9.17, 15) is 14.7 Å². The Morgan fingerprint density at radius 3 is 2.52 bits per heavy atom. The Bertz CT molecular complexity index is 1030. The van der Waals surface area contributed by atoms with Gasteiger partial charge in [0.1, 0.15) is 5.69 Å². The number of amides is 1. The molecule has 0 saturated heterocycles. The monoisotopic (exact) mass is 388 g/mol. The summed E-state index contributed by atoms with van der Waals surface area (Å²) < 4.78 is 10.4. The zero-order valence-corrected chi connectivity index (χ0v) is 15.4. The molecule has 0 unspecified atom stereocenters. The zero-order chi connectivity index (χ0) is 19.6. The number of ether oxygens (including phenoxy) is 2. The van der Waals surface area contributed by atoms with E-state index in [1.54, 1.807) is 36.4 Å². The second-order valence-electron chi connectivity index (χ2n) is 5.77. The smallest absolute Gasteiger partial charge is 0.352 e. The number of methoxy groups -OCH3 is 2. The van der Waals surface area contributed by atoms with Gasteiger partial charge in [-0.05, 0) is 30.3 Å². The van der Waals surface area contributed by atoms with Crippen molar-refractivity contribution in [3.8, 4) is 11.5 Å². The minimum Gasteiger partial charge on any atom is -0.493 e. The first-order valence-electron chi connectivity index (χ1n) is 7.98. The zero-order valence-electron chi connectivity index (χ0n) is 14.6. The fraction of sp³-hybridized carbons (Fsp3) is 0.158. The Kier molecular flexibility index (Phi) is 5.23. The molecule has 27 heavy (non-hydrogen) atoms. The van der Waals surface area contributed by atoms with Crippen molar-refractivity contribution in [2.45, 2.75) is 6.42 Å². The number of halogens is 1. The molecule has 0 aliphatic carbocycles. The van der Waals surface area contributed by atoms with Gasteiger partial charge < -0.3 is 24.9 Å². The summed E-state index contributed by atoms with van der Waals surface area (Å²) in [5.74, 6) is -0.503. The highest BCUT2D eigenvalue weighted by atomic mass is 35.5. The lowest BCUT2D eigenvalue weighted by molar-refractivity contribution is -0.115. The molecule has 3 rings (SSSR count). The molecule has 0 radical (unpaired) electrons. The van der Waals surface area contributed by atoms with Gasteiger partial charge in [-0.15, -0.1) is 0 Å². The van der Waals surface area contributed by atoms with Gasteiger partial charge in [-0.1, -0.05) is 11.6 Å². The number of aromatic amines is 1. The molecule has 8 heteroatoms. The summed E-state index contributed by atoms with van der Waals surface area (Å²) >= 11 is 6.02. The maximum Gasteiger partial charge on any atom is 0.352 e. The van der Waals surface area contributed by atoms with Crippen molar-refractivity contribution in [1.29, 1.82) is 0 Å². The van der Waals surface area contributed by atoms with Crippen LogP contribution < -0.4 is 14.8 Å². The number of nitrogens with one attached hydrogen (secondary N) is 2. The highest BCUT2D eigenvalue weighted by Gasteiger charge is 2.20. The van der Waals surface area contributed by atoms with Crippen LogP contribution in [-0.2, 0) is 11.2 Å². The van der Waals surface area contributed by atoms with Crippen LogP contribution in [0.4, 0.5) is 5.69 Å². The number of carbonyl (C=O) groups is 2. The van der Waals surface area contributed by atoms with Crippen molar-refractivity contribution in [1.82, 2.24) is 4.98 Å². The first-order chi connectivity index (χ1) is 12.9. The highest BCUT2D eigenvalue weighted by Crippen LogP contribution is 2.30. The second-order valence-corrected chi connectivity index (χ2v) is 6.20. The third kappa shape index (κ3) is 3.83. The number of fused-ring (bicyclic) bond motifs is 1. The van der Waals surface area contributed by atoms with Crippen molar-refractivity contribution in [3.05, 3.63) is 52.7 Å². The van der Waals surface area contributed by atoms with Crippen LogP contribution in [-0.4, -0.2) is 36.2 Å². The molecule has 0 atom stereocenters. The molecule has 7 nitrogen and oxygen atoms in total. The van der Waals surface area contributed by atoms with E-state index in [1.807, 2.05) is 0 Å². The summed E-state index contributed by atoms with van der Waals surface area (Å²) in [5, 5.41) is 13.2. The molecule has 1 amide bonds. The maximum absolute atomic E-state index is 12.5. The number of aromatic nitrogens is 1. The van der Waals surface area contributed by atoms with Gasteiger partial charge in [0.15, 0.2) is 11.5 Å². The lowest BCUT2D eigenvalue weighted by atomic mass is 10.1. The summed E-state index contributed by atoms with van der Waals surface area (Å²) in [5.41, 5.74) is 1.45. The average molecular weight is 389 g/mol. The van der Waals surface area contributed by atoms with Crippen LogP contribution in [0.2, 0.25) is 5.02 Å². The molecule has 3 aromatic rings. The fourth-order valence-electron chi connectivity index (χ4n) is 2.87. The summed E-state index contributed by atoms with van der Waals surface area (Å²) in [6.45, 7) is 0. The van der Waals surface area contributed by atoms with Crippen molar-refractivity contribution in [3.63, 3.8) is 0 Å². The SMILES string of the molecule is COc1ccc(NC(=O)Cc2c(C(=O)O)[nH]c3ccc(Cl)cc23)cc1OC. The van der Waals surface area contributed by atoms with E-state index in [2.05, 4.69) is 10.3 Å². The topological polar surface area (TPSA) is 101 Å². The van der Waals surface area contributed by atoms with Gasteiger partial charge in [-0.25, -0.2) is 4.79 Å². The number of benzene rings is 2. The van der Waals surface area contributed by atoms with Gasteiger partial charge in [-0.2, -0.15) is 0 Å². The Morgan fingerprint density at radius 2 is 1.85 bits per heavy atom. The van der Waals surface area contributed by atoms with Crippen LogP contribution in [0.5, 0.6) is 11.5 Å². The molecule has 1 heterocycles. The van der Waals surface area contributed by atoms with Crippen LogP contribution in [0.1, 0.15) is 16.1 Å². The van der Waals surface area contributed by atoms with E-state index in [0.717, 1.165) is 0 Å². The molecule has 0 saturated carbocycles. The van der Waals surface area contributed by atoms with E-state index in [0.29, 0.717) is 38.7 Å². The van der Waals surface area contributed by atoms with Crippen LogP contribution in [0, 0.1) is 0 Å². The molecule has 3 N–H and O–H groups in total. The normalized spacial score (nSPS) is 10.6. The predicted octanol–water partition coefficient (Wildman–Crippen LogP) is 3.72. The number of carboxylic acids is 1. The van der Waals surface area contributed by atoms with Crippen LogP contribution >= 0.6 is 11.6 Å². The lowest BCUT2D eigenvalue weighted by Gasteiger charge is -2.10. The molecular weight excluding hydrogens is 372 g/mol. The average Bonchev–Trinajstić information content (AvgIpc) is 2.99. The van der Waals surface area contributed by atoms with E-state index in [1.165, 1.54) is 14.2 Å². The summed E-state index contributed by atoms with van der Waals surface area (Å²) in [7, 11) is 3.02. The highest BCUT2D eigenvalue weighted by molar-refractivity contribution is 6.31. The third-order valence-corrected chi connectivity index (χ3v) is 4.32. The number of hydrogen-bond acceptors (Lipinski definition) is 4. The van der Waals surface area contributed by atoms with Crippen LogP contribution in [0.15, 0.2) is 36.4 Å². The first-order valence-corrected chi connectivity index (χ1v) is 8.36. The number of carboxylic acid groups (broad SMARTS) is 1. The molecule has 140 valence electrons. The Hall–Kier alpha value is -3.19. The maximum atomic E-state index is 12.5. The van der Waals surface area contributed by atoms with E-state index in [-0.39, 0.29) is 18.0 Å². The largest absolute Gasteiger partial charge is 0.493 e. The molecule has 0 aliphatic rings. The molecule has 2 aromatic carbocycles. The fourth-order valence-corrected chi connectivity index (χ4v) is 3.04. The van der Waals surface area contributed by atoms with Gasteiger partial charge in [-0.3, -0.25) is 4.79 Å². The van der Waals surface area contributed by atoms with Crippen molar-refractivity contribution >= 4 is 40.1 Å². The third-order valence-electron chi connectivity index (χ3n) is 4.09. The standard InChI is InChI=1S/C19H17ClN2O5/c1-26-15-6-4-11(8-16(15)27-2)21-17(23)9-13-12-7-10(20)3-5-14(12)22-18(13)19(24)25/h3-8,22H,9H2,1-2H3,(H,21,23)(H,24,25). The Morgan fingerprint density at radius 1 is 1.11 bits per heavy atom. The number of H-pyrrole nitrogens is 1. The Balaban J connectivity index is 1.89. The molecular formula is C19H17ClN2O5. The molecule has 0 aliphatic heterocycles. The summed E-state index contributed by atoms with van der Waals surface area (Å²) in [4.78, 5) is 26.9. The first kappa shape index (κ1) is 18.6. The second kappa shape index (κ2) is 7.59. The van der Waals surface area contributed by atoms with E-state index in [4.69, 9.17) is 21.1 Å². The summed E-state index contributed by atoms with van der Waals surface area (Å²) in [6.07, 6.45) is -0.129. The van der Waals surface area contributed by atoms with Gasteiger partial charge in [0.05, 0.1) is 20.6 Å². The summed E-state index contributed by atoms with van der Waals surface area (Å²) in [6, 6.07) is 9.94. The number of anilines is 1. The van der Waals surface area contributed by atoms with Crippen LogP contribution in [0.3, 0.4) is 0 Å². The van der Waals surface area contributed by atoms with Gasteiger partial charge in [0.2, 0.25) is 5.91 Å². The lowest BCUT2D eigenvalue weighted by Crippen LogP contribution is -2.16. The Labute approximate surface area is 159 Å². The quantitative estimate of drug-likeness (QED) is 0.597. The molecule has 0 spiro atoms. The van der Waals surface area contributed by atoms with Gasteiger partial charge in [0, 0.05) is 33.2 Å². The van der Waals surface area contributed by atoms with E-state index < -0.39 is 5.97 Å². The number of rotatable bonds is 6. The molecule has 0 fully saturated rings.